The summed E-state index contributed by atoms with van der Waals surface area (Å²) in [6.07, 6.45) is 3.25. The highest BCUT2D eigenvalue weighted by Gasteiger charge is 2.38. The van der Waals surface area contributed by atoms with Crippen molar-refractivity contribution in [2.24, 2.45) is 0 Å². The zero-order chi connectivity index (χ0) is 13.8. The Hall–Kier alpha value is -1.13. The third kappa shape index (κ3) is 2.81. The van der Waals surface area contributed by atoms with Crippen LogP contribution in [0.4, 0.5) is 0 Å². The number of carbonyl (C=O) groups is 1. The van der Waals surface area contributed by atoms with E-state index >= 15 is 0 Å². The molecule has 0 amide bonds. The molecule has 1 aliphatic rings. The third-order valence-electron chi connectivity index (χ3n) is 3.36. The Kier molecular flexibility index (Phi) is 4.22. The molecule has 0 N–H and O–H groups in total. The van der Waals surface area contributed by atoms with Crippen LogP contribution < -0.4 is 0 Å². The first-order chi connectivity index (χ1) is 9.80. The van der Waals surface area contributed by atoms with Crippen LogP contribution in [0, 0.1) is 0 Å². The van der Waals surface area contributed by atoms with E-state index in [2.05, 4.69) is 12.1 Å². The molecule has 1 aliphatic heterocycles. The van der Waals surface area contributed by atoms with Crippen molar-refractivity contribution in [2.75, 3.05) is 11.5 Å². The lowest BCUT2D eigenvalue weighted by Gasteiger charge is -2.35. The van der Waals surface area contributed by atoms with Gasteiger partial charge in [-0.3, -0.25) is 4.79 Å². The predicted molar refractivity (Wildman–Crippen MR) is 85.3 cm³/mol. The van der Waals surface area contributed by atoms with Crippen LogP contribution in [0.2, 0.25) is 0 Å². The van der Waals surface area contributed by atoms with Crippen molar-refractivity contribution >= 4 is 29.3 Å². The van der Waals surface area contributed by atoms with Gasteiger partial charge in [0.05, 0.1) is 10.3 Å². The van der Waals surface area contributed by atoms with Crippen molar-refractivity contribution in [2.45, 2.75) is 16.9 Å². The van der Waals surface area contributed by atoms with Gasteiger partial charge in [0.15, 0.2) is 5.76 Å². The zero-order valence-corrected chi connectivity index (χ0v) is 12.7. The van der Waals surface area contributed by atoms with Crippen LogP contribution >= 0.6 is 23.5 Å². The number of hydrogen-bond acceptors (Lipinski definition) is 4. The fourth-order valence-electron chi connectivity index (χ4n) is 2.37. The molecule has 0 atom stereocenters. The minimum atomic E-state index is -0.163. The molecule has 1 aromatic carbocycles. The van der Waals surface area contributed by atoms with Crippen LogP contribution in [0.5, 0.6) is 0 Å². The summed E-state index contributed by atoms with van der Waals surface area (Å²) in [6.45, 7) is 0. The predicted octanol–water partition coefficient (Wildman–Crippen LogP) is 4.58. The highest BCUT2D eigenvalue weighted by atomic mass is 32.2. The van der Waals surface area contributed by atoms with Crippen LogP contribution in [-0.4, -0.2) is 17.3 Å². The maximum Gasteiger partial charge on any atom is 0.200 e. The molecule has 104 valence electrons. The van der Waals surface area contributed by atoms with Crippen LogP contribution in [0.25, 0.3) is 0 Å². The standard InChI is InChI=1S/C16H16O2S2/c17-14(15-8-4-9-18-15)12-16(19-10-5-11-20-16)13-6-2-1-3-7-13/h1-4,6-9H,5,10-12H2. The molecule has 1 fully saturated rings. The second kappa shape index (κ2) is 6.10. The normalized spacial score (nSPS) is 17.8. The monoisotopic (exact) mass is 304 g/mol. The van der Waals surface area contributed by atoms with Crippen molar-refractivity contribution in [1.82, 2.24) is 0 Å². The van der Waals surface area contributed by atoms with Gasteiger partial charge in [-0.2, -0.15) is 0 Å². The van der Waals surface area contributed by atoms with Crippen LogP contribution in [0.3, 0.4) is 0 Å². The van der Waals surface area contributed by atoms with Gasteiger partial charge in [-0.25, -0.2) is 0 Å². The molecule has 0 unspecified atom stereocenters. The van der Waals surface area contributed by atoms with E-state index in [-0.39, 0.29) is 9.86 Å². The minimum Gasteiger partial charge on any atom is -0.461 e. The number of Topliss-reactive ketones (excluding diaryl/α,β-unsaturated/α-hetero) is 1. The smallest absolute Gasteiger partial charge is 0.200 e. The summed E-state index contributed by atoms with van der Waals surface area (Å²) in [6, 6.07) is 13.9. The lowest BCUT2D eigenvalue weighted by atomic mass is 10.1. The van der Waals surface area contributed by atoms with E-state index < -0.39 is 0 Å². The largest absolute Gasteiger partial charge is 0.461 e. The van der Waals surface area contributed by atoms with E-state index in [4.69, 9.17) is 4.42 Å². The summed E-state index contributed by atoms with van der Waals surface area (Å²) in [4.78, 5) is 12.4. The third-order valence-corrected chi connectivity index (χ3v) is 6.75. The molecular formula is C16H16O2S2. The van der Waals surface area contributed by atoms with Crippen molar-refractivity contribution < 1.29 is 9.21 Å². The minimum absolute atomic E-state index is 0.0840. The molecule has 4 heteroatoms. The summed E-state index contributed by atoms with van der Waals surface area (Å²) < 4.78 is 5.09. The van der Waals surface area contributed by atoms with E-state index in [1.807, 2.05) is 41.7 Å². The summed E-state index contributed by atoms with van der Waals surface area (Å²) in [5.41, 5.74) is 1.23. The molecule has 2 nitrogen and oxygen atoms in total. The molecule has 1 aromatic heterocycles. The molecule has 0 spiro atoms. The number of furan rings is 1. The Labute approximate surface area is 127 Å². The zero-order valence-electron chi connectivity index (χ0n) is 11.1. The fraction of sp³-hybridized carbons (Fsp3) is 0.312. The Morgan fingerprint density at radius 3 is 2.50 bits per heavy atom. The first-order valence-electron chi connectivity index (χ1n) is 6.70. The number of carbonyl (C=O) groups excluding carboxylic acids is 1. The van der Waals surface area contributed by atoms with Crippen LogP contribution in [0.1, 0.15) is 29.0 Å². The molecule has 0 bridgehead atoms. The molecule has 20 heavy (non-hydrogen) atoms. The molecule has 3 rings (SSSR count). The van der Waals surface area contributed by atoms with Crippen molar-refractivity contribution in [3.8, 4) is 0 Å². The summed E-state index contributed by atoms with van der Waals surface area (Å²) in [5, 5.41) is 0. The highest BCUT2D eigenvalue weighted by molar-refractivity contribution is 8.18. The van der Waals surface area contributed by atoms with Gasteiger partial charge in [-0.05, 0) is 35.6 Å². The fourth-order valence-corrected chi connectivity index (χ4v) is 5.70. The van der Waals surface area contributed by atoms with Crippen LogP contribution in [-0.2, 0) is 4.08 Å². The average Bonchev–Trinajstić information content (AvgIpc) is 3.03. The summed E-state index contributed by atoms with van der Waals surface area (Å²) in [7, 11) is 0. The summed E-state index contributed by atoms with van der Waals surface area (Å²) in [5.74, 6) is 2.76. The number of thioether (sulfide) groups is 2. The Morgan fingerprint density at radius 2 is 1.85 bits per heavy atom. The number of rotatable bonds is 4. The maximum absolute atomic E-state index is 12.4. The van der Waals surface area contributed by atoms with Crippen molar-refractivity contribution in [3.63, 3.8) is 0 Å². The molecule has 2 heterocycles. The molecule has 2 aromatic rings. The van der Waals surface area contributed by atoms with E-state index in [9.17, 15) is 4.79 Å². The maximum atomic E-state index is 12.4. The molecular weight excluding hydrogens is 288 g/mol. The second-order valence-corrected chi connectivity index (χ2v) is 7.79. The Bertz CT molecular complexity index is 557. The first-order valence-corrected chi connectivity index (χ1v) is 8.67. The number of ketones is 1. The lowest BCUT2D eigenvalue weighted by Crippen LogP contribution is -2.26. The average molecular weight is 304 g/mol. The molecule has 1 saturated heterocycles. The quantitative estimate of drug-likeness (QED) is 0.774. The van der Waals surface area contributed by atoms with Crippen molar-refractivity contribution in [3.05, 3.63) is 60.1 Å². The van der Waals surface area contributed by atoms with Gasteiger partial charge in [0.1, 0.15) is 0 Å². The topological polar surface area (TPSA) is 30.2 Å². The highest BCUT2D eigenvalue weighted by Crippen LogP contribution is 2.53. The Balaban J connectivity index is 1.88. The molecule has 0 radical (unpaired) electrons. The Morgan fingerprint density at radius 1 is 1.10 bits per heavy atom. The van der Waals surface area contributed by atoms with Gasteiger partial charge in [-0.1, -0.05) is 30.3 Å². The van der Waals surface area contributed by atoms with Gasteiger partial charge in [0, 0.05) is 6.42 Å². The lowest BCUT2D eigenvalue weighted by molar-refractivity contribution is 0.0952. The van der Waals surface area contributed by atoms with E-state index in [0.717, 1.165) is 11.5 Å². The van der Waals surface area contributed by atoms with Crippen molar-refractivity contribution in [1.29, 1.82) is 0 Å². The molecule has 0 saturated carbocycles. The van der Waals surface area contributed by atoms with E-state index in [0.29, 0.717) is 12.2 Å². The van der Waals surface area contributed by atoms with E-state index in [1.54, 1.807) is 18.4 Å². The van der Waals surface area contributed by atoms with Crippen LogP contribution in [0.15, 0.2) is 53.1 Å². The van der Waals surface area contributed by atoms with Gasteiger partial charge in [-0.15, -0.1) is 23.5 Å². The van der Waals surface area contributed by atoms with Gasteiger partial charge in [0.2, 0.25) is 5.78 Å². The number of benzene rings is 1. The van der Waals surface area contributed by atoms with Gasteiger partial charge >= 0.3 is 0 Å². The summed E-state index contributed by atoms with van der Waals surface area (Å²) >= 11 is 3.78. The second-order valence-electron chi connectivity index (χ2n) is 4.75. The van der Waals surface area contributed by atoms with Gasteiger partial charge < -0.3 is 4.42 Å². The molecule has 0 aliphatic carbocycles. The SMILES string of the molecule is O=C(CC1(c2ccccc2)SCCCS1)c1ccco1. The number of hydrogen-bond donors (Lipinski definition) is 0. The first kappa shape index (κ1) is 13.8. The van der Waals surface area contributed by atoms with E-state index in [1.165, 1.54) is 12.0 Å². The van der Waals surface area contributed by atoms with Gasteiger partial charge in [0.25, 0.3) is 0 Å².